The zero-order valence-electron chi connectivity index (χ0n) is 27.8. The molecule has 3 nitrogen and oxygen atoms in total. The summed E-state index contributed by atoms with van der Waals surface area (Å²) in [5.41, 5.74) is 13.0. The Labute approximate surface area is 295 Å². The van der Waals surface area contributed by atoms with Crippen molar-refractivity contribution in [3.05, 3.63) is 194 Å². The van der Waals surface area contributed by atoms with Gasteiger partial charge in [-0.3, -0.25) is 0 Å². The van der Waals surface area contributed by atoms with E-state index in [9.17, 15) is 0 Å². The molecule has 8 aromatic carbocycles. The van der Waals surface area contributed by atoms with Crippen molar-refractivity contribution in [3.8, 4) is 27.9 Å². The van der Waals surface area contributed by atoms with Gasteiger partial charge in [0.2, 0.25) is 0 Å². The number of benzene rings is 8. The zero-order chi connectivity index (χ0) is 33.7. The summed E-state index contributed by atoms with van der Waals surface area (Å²) in [6.07, 6.45) is 0. The Bertz CT molecular complexity index is 2850. The van der Waals surface area contributed by atoms with Gasteiger partial charge >= 0.3 is 0 Å². The van der Waals surface area contributed by atoms with E-state index in [-0.39, 0.29) is 0 Å². The lowest BCUT2D eigenvalue weighted by Gasteiger charge is -2.28. The standard InChI is InChI=1S/C48H32N2O/c1-4-16-33(17-5-1)37-22-10-12-26-42(37)50(44-28-15-25-40-39-23-11-13-29-46(39)51-48(40)44)36-30-31-41-45(32-36)49(35-20-8-3-9-21-35)43-27-14-24-38(47(41)43)34-18-6-2-7-19-34/h1-32H. The summed E-state index contributed by atoms with van der Waals surface area (Å²) in [6, 6.07) is 69.1. The SMILES string of the molecule is c1ccc(-c2ccccc2N(c2ccc3c4c(-c5ccccc5)cccc4n(-c4ccccc4)c3c2)c2cccc3c2oc2ccccc23)cc1. The predicted molar refractivity (Wildman–Crippen MR) is 214 cm³/mol. The van der Waals surface area contributed by atoms with E-state index in [1.807, 2.05) is 6.07 Å². The van der Waals surface area contributed by atoms with Crippen LogP contribution in [0.25, 0.3) is 71.7 Å². The predicted octanol–water partition coefficient (Wildman–Crippen LogP) is 13.5. The first-order chi connectivity index (χ1) is 25.3. The van der Waals surface area contributed by atoms with Crippen LogP contribution in [0, 0.1) is 0 Å². The third-order valence-electron chi connectivity index (χ3n) is 9.99. The first-order valence-corrected chi connectivity index (χ1v) is 17.4. The molecule has 240 valence electrons. The average Bonchev–Trinajstić information content (AvgIpc) is 3.75. The summed E-state index contributed by atoms with van der Waals surface area (Å²) in [4.78, 5) is 2.37. The first-order valence-electron chi connectivity index (χ1n) is 17.4. The summed E-state index contributed by atoms with van der Waals surface area (Å²) in [5, 5.41) is 4.65. The molecular formula is C48H32N2O. The second-order valence-corrected chi connectivity index (χ2v) is 12.9. The Morgan fingerprint density at radius 1 is 0.412 bits per heavy atom. The molecule has 0 unspecified atom stereocenters. The Hall–Kier alpha value is -6.84. The molecule has 2 heterocycles. The monoisotopic (exact) mass is 652 g/mol. The Morgan fingerprint density at radius 3 is 1.82 bits per heavy atom. The van der Waals surface area contributed by atoms with E-state index >= 15 is 0 Å². The third kappa shape index (κ3) is 4.74. The largest absolute Gasteiger partial charge is 0.454 e. The minimum absolute atomic E-state index is 0.858. The van der Waals surface area contributed by atoms with Gasteiger partial charge in [-0.2, -0.15) is 0 Å². The van der Waals surface area contributed by atoms with Crippen molar-refractivity contribution in [1.82, 2.24) is 4.57 Å². The number of anilines is 3. The molecule has 10 rings (SSSR count). The van der Waals surface area contributed by atoms with Crippen LogP contribution in [0.4, 0.5) is 17.1 Å². The van der Waals surface area contributed by atoms with Crippen molar-refractivity contribution >= 4 is 60.8 Å². The third-order valence-corrected chi connectivity index (χ3v) is 9.99. The number of rotatable bonds is 6. The molecule has 0 radical (unpaired) electrons. The molecule has 0 saturated carbocycles. The highest BCUT2D eigenvalue weighted by Crippen LogP contribution is 2.47. The second-order valence-electron chi connectivity index (χ2n) is 12.9. The summed E-state index contributed by atoms with van der Waals surface area (Å²) in [7, 11) is 0. The topological polar surface area (TPSA) is 21.3 Å². The van der Waals surface area contributed by atoms with Gasteiger partial charge in [-0.05, 0) is 65.2 Å². The highest BCUT2D eigenvalue weighted by Gasteiger charge is 2.24. The number of nitrogens with zero attached hydrogens (tertiary/aromatic N) is 2. The van der Waals surface area contributed by atoms with Gasteiger partial charge in [0.25, 0.3) is 0 Å². The molecule has 2 aromatic heterocycles. The smallest absolute Gasteiger partial charge is 0.159 e. The van der Waals surface area contributed by atoms with Crippen molar-refractivity contribution < 1.29 is 4.42 Å². The van der Waals surface area contributed by atoms with E-state index in [4.69, 9.17) is 4.42 Å². The van der Waals surface area contributed by atoms with Gasteiger partial charge in [0.1, 0.15) is 5.58 Å². The van der Waals surface area contributed by atoms with E-state index in [1.54, 1.807) is 0 Å². The van der Waals surface area contributed by atoms with Crippen LogP contribution in [-0.4, -0.2) is 4.57 Å². The highest BCUT2D eigenvalue weighted by molar-refractivity contribution is 6.17. The minimum Gasteiger partial charge on any atom is -0.454 e. The quantitative estimate of drug-likeness (QED) is 0.178. The fourth-order valence-corrected chi connectivity index (χ4v) is 7.76. The van der Waals surface area contributed by atoms with E-state index in [0.717, 1.165) is 61.3 Å². The van der Waals surface area contributed by atoms with Crippen LogP contribution in [-0.2, 0) is 0 Å². The Morgan fingerprint density at radius 2 is 1.02 bits per heavy atom. The van der Waals surface area contributed by atoms with E-state index in [0.29, 0.717) is 0 Å². The molecule has 0 atom stereocenters. The van der Waals surface area contributed by atoms with Crippen LogP contribution in [0.5, 0.6) is 0 Å². The maximum atomic E-state index is 6.70. The van der Waals surface area contributed by atoms with Crippen LogP contribution in [0.3, 0.4) is 0 Å². The minimum atomic E-state index is 0.858. The number of hydrogen-bond acceptors (Lipinski definition) is 2. The van der Waals surface area contributed by atoms with Crippen molar-refractivity contribution in [2.45, 2.75) is 0 Å². The Balaban J connectivity index is 1.30. The average molecular weight is 653 g/mol. The molecule has 0 aliphatic carbocycles. The van der Waals surface area contributed by atoms with Crippen LogP contribution in [0.1, 0.15) is 0 Å². The van der Waals surface area contributed by atoms with Gasteiger partial charge in [0.05, 0.1) is 22.4 Å². The molecular weight excluding hydrogens is 621 g/mol. The van der Waals surface area contributed by atoms with Crippen LogP contribution in [0.15, 0.2) is 199 Å². The zero-order valence-corrected chi connectivity index (χ0v) is 27.8. The molecule has 0 bridgehead atoms. The van der Waals surface area contributed by atoms with Crippen molar-refractivity contribution in [1.29, 1.82) is 0 Å². The summed E-state index contributed by atoms with van der Waals surface area (Å²) >= 11 is 0. The van der Waals surface area contributed by atoms with Gasteiger partial charge in [-0.25, -0.2) is 0 Å². The number of furan rings is 1. The van der Waals surface area contributed by atoms with Crippen LogP contribution < -0.4 is 4.90 Å². The van der Waals surface area contributed by atoms with Crippen molar-refractivity contribution in [2.75, 3.05) is 4.90 Å². The van der Waals surface area contributed by atoms with Gasteiger partial charge in [-0.1, -0.05) is 146 Å². The van der Waals surface area contributed by atoms with E-state index < -0.39 is 0 Å². The maximum absolute atomic E-state index is 6.70. The maximum Gasteiger partial charge on any atom is 0.159 e. The molecule has 0 amide bonds. The van der Waals surface area contributed by atoms with E-state index in [1.165, 1.54) is 27.4 Å². The summed E-state index contributed by atoms with van der Waals surface area (Å²) < 4.78 is 9.11. The normalized spacial score (nSPS) is 11.5. The first kappa shape index (κ1) is 29.1. The molecule has 0 N–H and O–H groups in total. The number of hydrogen-bond donors (Lipinski definition) is 0. The molecule has 0 spiro atoms. The molecule has 0 aliphatic rings. The number of para-hydroxylation sites is 4. The second kappa shape index (κ2) is 11.9. The van der Waals surface area contributed by atoms with Crippen molar-refractivity contribution in [2.24, 2.45) is 0 Å². The summed E-state index contributed by atoms with van der Waals surface area (Å²) in [5.74, 6) is 0. The lowest BCUT2D eigenvalue weighted by atomic mass is 9.99. The fraction of sp³-hybridized carbons (Fsp3) is 0. The molecule has 3 heteroatoms. The molecule has 10 aromatic rings. The number of aromatic nitrogens is 1. The van der Waals surface area contributed by atoms with Crippen molar-refractivity contribution in [3.63, 3.8) is 0 Å². The highest BCUT2D eigenvalue weighted by atomic mass is 16.3. The van der Waals surface area contributed by atoms with E-state index in [2.05, 4.69) is 198 Å². The van der Waals surface area contributed by atoms with Gasteiger partial charge in [-0.15, -0.1) is 0 Å². The van der Waals surface area contributed by atoms with Crippen LogP contribution >= 0.6 is 0 Å². The molecule has 51 heavy (non-hydrogen) atoms. The molecule has 0 fully saturated rings. The lowest BCUT2D eigenvalue weighted by Crippen LogP contribution is -2.11. The van der Waals surface area contributed by atoms with Gasteiger partial charge < -0.3 is 13.9 Å². The van der Waals surface area contributed by atoms with Crippen LogP contribution in [0.2, 0.25) is 0 Å². The Kier molecular flexibility index (Phi) is 6.81. The lowest BCUT2D eigenvalue weighted by molar-refractivity contribution is 0.669. The molecule has 0 aliphatic heterocycles. The van der Waals surface area contributed by atoms with Gasteiger partial charge in [0, 0.05) is 38.5 Å². The molecule has 0 saturated heterocycles. The number of fused-ring (bicyclic) bond motifs is 6. The summed E-state index contributed by atoms with van der Waals surface area (Å²) in [6.45, 7) is 0. The fourth-order valence-electron chi connectivity index (χ4n) is 7.76. The van der Waals surface area contributed by atoms with Gasteiger partial charge in [0.15, 0.2) is 5.58 Å².